The van der Waals surface area contributed by atoms with Crippen molar-refractivity contribution in [1.29, 1.82) is 0 Å². The molecule has 5 nitrogen and oxygen atoms in total. The molecule has 2 aromatic carbocycles. The number of benzene rings is 2. The number of fused-ring (bicyclic) bond motifs is 2. The lowest BCUT2D eigenvalue weighted by atomic mass is 9.98. The van der Waals surface area contributed by atoms with Crippen molar-refractivity contribution in [3.05, 3.63) is 90.7 Å². The fourth-order valence-corrected chi connectivity index (χ4v) is 4.84. The largest absolute Gasteiger partial charge is 0.450 e. The number of carbonyl (C=O) groups is 1. The molecule has 0 saturated carbocycles. The Kier molecular flexibility index (Phi) is 4.18. The number of nitrogens with zero attached hydrogens (tertiary/aromatic N) is 2. The van der Waals surface area contributed by atoms with Crippen LogP contribution in [0.4, 0.5) is 5.13 Å². The van der Waals surface area contributed by atoms with Crippen molar-refractivity contribution in [2.75, 3.05) is 4.90 Å². The molecule has 1 amide bonds. The van der Waals surface area contributed by atoms with Crippen LogP contribution in [0.3, 0.4) is 0 Å². The van der Waals surface area contributed by atoms with Crippen molar-refractivity contribution in [3.8, 4) is 0 Å². The number of aromatic nitrogens is 1. The first kappa shape index (κ1) is 18.3. The Morgan fingerprint density at radius 1 is 1.14 bits per heavy atom. The summed E-state index contributed by atoms with van der Waals surface area (Å²) in [5.41, 5.74) is 3.44. The molecule has 0 saturated heterocycles. The maximum Gasteiger partial charge on any atom is 0.297 e. The van der Waals surface area contributed by atoms with E-state index in [1.807, 2.05) is 55.6 Å². The summed E-state index contributed by atoms with van der Waals surface area (Å²) in [5, 5.41) is 2.82. The number of aryl methyl sites for hydroxylation is 2. The lowest BCUT2D eigenvalue weighted by molar-refractivity contribution is 0.0971. The molecule has 29 heavy (non-hydrogen) atoms. The first-order chi connectivity index (χ1) is 14.0. The predicted molar refractivity (Wildman–Crippen MR) is 117 cm³/mol. The molecule has 0 bridgehead atoms. The van der Waals surface area contributed by atoms with Gasteiger partial charge in [-0.3, -0.25) is 14.5 Å². The first-order valence-corrected chi connectivity index (χ1v) is 10.7. The van der Waals surface area contributed by atoms with E-state index in [2.05, 4.69) is 20.9 Å². The van der Waals surface area contributed by atoms with Crippen molar-refractivity contribution in [3.63, 3.8) is 0 Å². The number of carbonyl (C=O) groups excluding carboxylic acids is 1. The van der Waals surface area contributed by atoms with Gasteiger partial charge in [0.15, 0.2) is 10.6 Å². The third-order valence-electron chi connectivity index (χ3n) is 5.28. The van der Waals surface area contributed by atoms with Gasteiger partial charge in [-0.2, -0.15) is 0 Å². The van der Waals surface area contributed by atoms with Crippen LogP contribution >= 0.6 is 27.3 Å². The molecular weight excluding hydrogens is 452 g/mol. The summed E-state index contributed by atoms with van der Waals surface area (Å²) in [7, 11) is 0. The van der Waals surface area contributed by atoms with Gasteiger partial charge in [-0.25, -0.2) is 4.98 Å². The minimum Gasteiger partial charge on any atom is -0.450 e. The summed E-state index contributed by atoms with van der Waals surface area (Å²) in [6.07, 6.45) is 1.65. The summed E-state index contributed by atoms with van der Waals surface area (Å²) in [5.74, 6) is -0.261. The van der Waals surface area contributed by atoms with E-state index < -0.39 is 6.04 Å². The van der Waals surface area contributed by atoms with Gasteiger partial charge in [0.2, 0.25) is 5.76 Å². The normalized spacial score (nSPS) is 15.9. The Balaban J connectivity index is 1.85. The molecule has 7 heteroatoms. The number of hydrogen-bond donors (Lipinski definition) is 0. The molecule has 5 rings (SSSR count). The Morgan fingerprint density at radius 3 is 2.66 bits per heavy atom. The van der Waals surface area contributed by atoms with Crippen LogP contribution in [-0.4, -0.2) is 10.9 Å². The lowest BCUT2D eigenvalue weighted by Gasteiger charge is -2.22. The third kappa shape index (κ3) is 2.76. The van der Waals surface area contributed by atoms with Crippen molar-refractivity contribution >= 4 is 49.3 Å². The zero-order chi connectivity index (χ0) is 20.3. The molecule has 1 atom stereocenters. The molecule has 144 valence electrons. The van der Waals surface area contributed by atoms with Crippen LogP contribution in [-0.2, 0) is 0 Å². The van der Waals surface area contributed by atoms with E-state index in [0.29, 0.717) is 21.7 Å². The fraction of sp³-hybridized carbons (Fsp3) is 0.136. The average molecular weight is 467 g/mol. The van der Waals surface area contributed by atoms with Gasteiger partial charge >= 0.3 is 0 Å². The van der Waals surface area contributed by atoms with Crippen molar-refractivity contribution in [2.45, 2.75) is 19.9 Å². The number of rotatable bonds is 2. The molecule has 1 aliphatic rings. The van der Waals surface area contributed by atoms with Gasteiger partial charge in [-0.05, 0) is 54.8 Å². The van der Waals surface area contributed by atoms with E-state index in [9.17, 15) is 9.59 Å². The molecular formula is C22H15BrN2O3S. The fourth-order valence-electron chi connectivity index (χ4n) is 3.75. The SMILES string of the molecule is Cc1cc2oc3c(c(=O)c2cc1C)C(c1cccc(Br)c1)N(c1nccs1)C3=O. The van der Waals surface area contributed by atoms with Gasteiger partial charge in [-0.1, -0.05) is 28.1 Å². The Bertz CT molecular complexity index is 1340. The predicted octanol–water partition coefficient (Wildman–Crippen LogP) is 5.38. The number of amides is 1. The maximum atomic E-state index is 13.5. The van der Waals surface area contributed by atoms with Gasteiger partial charge in [0.1, 0.15) is 5.58 Å². The molecule has 1 aliphatic heterocycles. The zero-order valence-corrected chi connectivity index (χ0v) is 18.0. The summed E-state index contributed by atoms with van der Waals surface area (Å²) in [4.78, 5) is 32.8. The topological polar surface area (TPSA) is 63.4 Å². The summed E-state index contributed by atoms with van der Waals surface area (Å²) in [6.45, 7) is 3.91. The monoisotopic (exact) mass is 466 g/mol. The van der Waals surface area contributed by atoms with Crippen LogP contribution in [0.2, 0.25) is 0 Å². The number of anilines is 1. The van der Waals surface area contributed by atoms with Crippen molar-refractivity contribution in [2.24, 2.45) is 0 Å². The summed E-state index contributed by atoms with van der Waals surface area (Å²) >= 11 is 4.84. The molecule has 2 aromatic heterocycles. The smallest absolute Gasteiger partial charge is 0.297 e. The molecule has 1 unspecified atom stereocenters. The van der Waals surface area contributed by atoms with E-state index in [4.69, 9.17) is 4.42 Å². The lowest BCUT2D eigenvalue weighted by Crippen LogP contribution is -2.29. The zero-order valence-electron chi connectivity index (χ0n) is 15.6. The average Bonchev–Trinajstić information content (AvgIpc) is 3.30. The molecule has 0 fully saturated rings. The third-order valence-corrected chi connectivity index (χ3v) is 6.54. The standard InChI is InChI=1S/C22H15BrN2O3S/c1-11-8-15-16(9-12(11)2)28-20-17(19(15)26)18(13-4-3-5-14(23)10-13)25(21(20)27)22-24-6-7-29-22/h3-10,18H,1-2H3. The second kappa shape index (κ2) is 6.64. The Labute approximate surface area is 178 Å². The van der Waals surface area contributed by atoms with E-state index in [1.165, 1.54) is 11.3 Å². The molecule has 3 heterocycles. The minimum absolute atomic E-state index is 0.0888. The molecule has 4 aromatic rings. The number of thiazole rings is 1. The molecule has 0 N–H and O–H groups in total. The number of halogens is 1. The number of hydrogen-bond acceptors (Lipinski definition) is 5. The van der Waals surface area contributed by atoms with Crippen LogP contribution in [0.15, 0.2) is 61.7 Å². The van der Waals surface area contributed by atoms with Gasteiger partial charge < -0.3 is 4.42 Å². The Hall–Kier alpha value is -2.77. The second-order valence-electron chi connectivity index (χ2n) is 7.05. The second-order valence-corrected chi connectivity index (χ2v) is 8.84. The highest BCUT2D eigenvalue weighted by Crippen LogP contribution is 2.42. The summed E-state index contributed by atoms with van der Waals surface area (Å²) in [6, 6.07) is 10.7. The van der Waals surface area contributed by atoms with E-state index in [-0.39, 0.29) is 17.1 Å². The molecule has 0 spiro atoms. The van der Waals surface area contributed by atoms with Gasteiger partial charge in [-0.15, -0.1) is 11.3 Å². The van der Waals surface area contributed by atoms with Crippen LogP contribution in [0, 0.1) is 13.8 Å². The van der Waals surface area contributed by atoms with E-state index in [0.717, 1.165) is 21.2 Å². The van der Waals surface area contributed by atoms with Crippen LogP contribution < -0.4 is 10.3 Å². The highest BCUT2D eigenvalue weighted by atomic mass is 79.9. The summed E-state index contributed by atoms with van der Waals surface area (Å²) < 4.78 is 6.88. The van der Waals surface area contributed by atoms with E-state index >= 15 is 0 Å². The highest BCUT2D eigenvalue weighted by molar-refractivity contribution is 9.10. The van der Waals surface area contributed by atoms with Crippen LogP contribution in [0.1, 0.15) is 38.9 Å². The quantitative estimate of drug-likeness (QED) is 0.397. The van der Waals surface area contributed by atoms with Gasteiger partial charge in [0, 0.05) is 16.0 Å². The van der Waals surface area contributed by atoms with Gasteiger partial charge in [0.05, 0.1) is 17.0 Å². The highest BCUT2D eigenvalue weighted by Gasteiger charge is 2.44. The first-order valence-electron chi connectivity index (χ1n) is 9.02. The van der Waals surface area contributed by atoms with E-state index in [1.54, 1.807) is 11.1 Å². The van der Waals surface area contributed by atoms with Crippen LogP contribution in [0.5, 0.6) is 0 Å². The van der Waals surface area contributed by atoms with Crippen molar-refractivity contribution in [1.82, 2.24) is 4.98 Å². The molecule has 0 radical (unpaired) electrons. The Morgan fingerprint density at radius 2 is 1.93 bits per heavy atom. The molecule has 0 aliphatic carbocycles. The maximum absolute atomic E-state index is 13.5. The minimum atomic E-state index is -0.594. The van der Waals surface area contributed by atoms with Crippen LogP contribution in [0.25, 0.3) is 11.0 Å². The van der Waals surface area contributed by atoms with Gasteiger partial charge in [0.25, 0.3) is 5.91 Å². The van der Waals surface area contributed by atoms with Crippen molar-refractivity contribution < 1.29 is 9.21 Å².